The van der Waals surface area contributed by atoms with Gasteiger partial charge in [-0.15, -0.1) is 0 Å². The molecule has 0 unspecified atom stereocenters. The smallest absolute Gasteiger partial charge is 0.256 e. The first kappa shape index (κ1) is 22.1. The second kappa shape index (κ2) is 9.64. The van der Waals surface area contributed by atoms with E-state index in [0.717, 1.165) is 16.8 Å². The Morgan fingerprint density at radius 2 is 1.80 bits per heavy atom. The lowest BCUT2D eigenvalue weighted by Crippen LogP contribution is -2.16. The molecule has 2 N–H and O–H groups in total. The first-order chi connectivity index (χ1) is 17.1. The van der Waals surface area contributed by atoms with Gasteiger partial charge < -0.3 is 15.2 Å². The van der Waals surface area contributed by atoms with E-state index in [4.69, 9.17) is 4.98 Å². The number of aryl methyl sites for hydroxylation is 2. The zero-order valence-electron chi connectivity index (χ0n) is 19.2. The van der Waals surface area contributed by atoms with E-state index in [1.54, 1.807) is 36.8 Å². The van der Waals surface area contributed by atoms with Gasteiger partial charge >= 0.3 is 0 Å². The van der Waals surface area contributed by atoms with Crippen molar-refractivity contribution in [2.45, 2.75) is 19.9 Å². The zero-order valence-corrected chi connectivity index (χ0v) is 19.2. The molecule has 0 aliphatic rings. The van der Waals surface area contributed by atoms with Crippen LogP contribution >= 0.6 is 0 Å². The summed E-state index contributed by atoms with van der Waals surface area (Å²) in [7, 11) is 0. The van der Waals surface area contributed by atoms with E-state index in [1.165, 1.54) is 0 Å². The standard InChI is InChI=1S/C27H24N6O2/c1-19-7-6-14-33-25(19)30-24(20-8-3-2-4-9-20)26(33)31-27(35)21-10-5-11-22(17-21)29-23(34)12-15-32-16-13-28-18-32/h2-11,13-14,16-18H,12,15H2,1H3,(H,29,34)(H,31,35). The predicted molar refractivity (Wildman–Crippen MR) is 135 cm³/mol. The van der Waals surface area contributed by atoms with Crippen LogP contribution in [0.4, 0.5) is 11.5 Å². The molecule has 3 aromatic heterocycles. The highest BCUT2D eigenvalue weighted by atomic mass is 16.2. The third-order valence-corrected chi connectivity index (χ3v) is 5.69. The molecule has 0 saturated heterocycles. The SMILES string of the molecule is Cc1cccn2c(NC(=O)c3cccc(NC(=O)CCn4ccnc4)c3)c(-c3ccccc3)nc12. The third-order valence-electron chi connectivity index (χ3n) is 5.69. The number of nitrogens with one attached hydrogen (secondary N) is 2. The molecule has 0 aliphatic carbocycles. The lowest BCUT2D eigenvalue weighted by molar-refractivity contribution is -0.116. The van der Waals surface area contributed by atoms with E-state index < -0.39 is 0 Å². The number of fused-ring (bicyclic) bond motifs is 1. The Balaban J connectivity index is 1.38. The molecule has 0 aliphatic heterocycles. The minimum atomic E-state index is -0.292. The van der Waals surface area contributed by atoms with Crippen molar-refractivity contribution in [2.24, 2.45) is 0 Å². The van der Waals surface area contributed by atoms with Crippen LogP contribution in [0.3, 0.4) is 0 Å². The summed E-state index contributed by atoms with van der Waals surface area (Å²) in [6.45, 7) is 2.52. The number of anilines is 2. The molecule has 5 rings (SSSR count). The topological polar surface area (TPSA) is 93.3 Å². The fourth-order valence-corrected chi connectivity index (χ4v) is 3.91. The number of aromatic nitrogens is 4. The van der Waals surface area contributed by atoms with Crippen LogP contribution in [0, 0.1) is 6.92 Å². The molecule has 8 heteroatoms. The second-order valence-corrected chi connectivity index (χ2v) is 8.19. The number of rotatable bonds is 7. The van der Waals surface area contributed by atoms with Gasteiger partial charge in [-0.05, 0) is 36.8 Å². The Kier molecular flexibility index (Phi) is 6.09. The first-order valence-corrected chi connectivity index (χ1v) is 11.3. The maximum absolute atomic E-state index is 13.3. The van der Waals surface area contributed by atoms with Crippen LogP contribution in [0.2, 0.25) is 0 Å². The van der Waals surface area contributed by atoms with E-state index >= 15 is 0 Å². The molecule has 2 amide bonds. The fraction of sp³-hybridized carbons (Fsp3) is 0.111. The monoisotopic (exact) mass is 464 g/mol. The summed E-state index contributed by atoms with van der Waals surface area (Å²) in [6, 6.07) is 20.6. The minimum Gasteiger partial charge on any atom is -0.337 e. The summed E-state index contributed by atoms with van der Waals surface area (Å²) in [5.41, 5.74) is 4.37. The first-order valence-electron chi connectivity index (χ1n) is 11.3. The molecule has 0 atom stereocenters. The van der Waals surface area contributed by atoms with Gasteiger partial charge in [-0.2, -0.15) is 0 Å². The lowest BCUT2D eigenvalue weighted by atomic mass is 10.1. The number of carbonyl (C=O) groups excluding carboxylic acids is 2. The van der Waals surface area contributed by atoms with E-state index in [1.807, 2.05) is 70.7 Å². The molecule has 2 aromatic carbocycles. The molecule has 8 nitrogen and oxygen atoms in total. The molecule has 174 valence electrons. The van der Waals surface area contributed by atoms with Crippen molar-refractivity contribution in [3.05, 3.63) is 103 Å². The molecular formula is C27H24N6O2. The van der Waals surface area contributed by atoms with Gasteiger partial charge in [0.25, 0.3) is 5.91 Å². The molecule has 5 aromatic rings. The van der Waals surface area contributed by atoms with Crippen molar-refractivity contribution < 1.29 is 9.59 Å². The van der Waals surface area contributed by atoms with Gasteiger partial charge in [0.2, 0.25) is 5.91 Å². The average molecular weight is 465 g/mol. The van der Waals surface area contributed by atoms with Crippen molar-refractivity contribution in [1.29, 1.82) is 0 Å². The van der Waals surface area contributed by atoms with Crippen LogP contribution in [-0.2, 0) is 11.3 Å². The van der Waals surface area contributed by atoms with Crippen molar-refractivity contribution in [3.63, 3.8) is 0 Å². The number of nitrogens with zero attached hydrogens (tertiary/aromatic N) is 4. The normalized spacial score (nSPS) is 10.9. The quantitative estimate of drug-likeness (QED) is 0.362. The van der Waals surface area contributed by atoms with E-state index in [2.05, 4.69) is 15.6 Å². The van der Waals surface area contributed by atoms with Crippen LogP contribution in [-0.4, -0.2) is 30.8 Å². The molecule has 0 bridgehead atoms. The highest BCUT2D eigenvalue weighted by Gasteiger charge is 2.18. The van der Waals surface area contributed by atoms with E-state index in [-0.39, 0.29) is 11.8 Å². The fourth-order valence-electron chi connectivity index (χ4n) is 3.91. The number of benzene rings is 2. The summed E-state index contributed by atoms with van der Waals surface area (Å²) in [4.78, 5) is 34.4. The van der Waals surface area contributed by atoms with Crippen molar-refractivity contribution in [2.75, 3.05) is 10.6 Å². The molecular weight excluding hydrogens is 440 g/mol. The van der Waals surface area contributed by atoms with Gasteiger partial charge in [-0.1, -0.05) is 42.5 Å². The van der Waals surface area contributed by atoms with Crippen LogP contribution in [0.25, 0.3) is 16.9 Å². The zero-order chi connectivity index (χ0) is 24.2. The molecule has 0 radical (unpaired) electrons. The van der Waals surface area contributed by atoms with Crippen molar-refractivity contribution in [3.8, 4) is 11.3 Å². The molecule has 0 fully saturated rings. The summed E-state index contributed by atoms with van der Waals surface area (Å²) < 4.78 is 3.72. The van der Waals surface area contributed by atoms with Crippen molar-refractivity contribution in [1.82, 2.24) is 18.9 Å². The predicted octanol–water partition coefficient (Wildman–Crippen LogP) is 4.79. The number of hydrogen-bond donors (Lipinski definition) is 2. The summed E-state index contributed by atoms with van der Waals surface area (Å²) in [5, 5.41) is 5.90. The van der Waals surface area contributed by atoms with Crippen LogP contribution in [0.15, 0.2) is 91.6 Å². The highest BCUT2D eigenvalue weighted by Crippen LogP contribution is 2.30. The molecule has 0 spiro atoms. The van der Waals surface area contributed by atoms with Gasteiger partial charge in [0.05, 0.1) is 6.33 Å². The van der Waals surface area contributed by atoms with Crippen molar-refractivity contribution >= 4 is 29.0 Å². The van der Waals surface area contributed by atoms with Gasteiger partial charge in [-0.3, -0.25) is 14.0 Å². The summed E-state index contributed by atoms with van der Waals surface area (Å²) in [5.74, 6) is 0.162. The Hall–Kier alpha value is -4.72. The van der Waals surface area contributed by atoms with E-state index in [9.17, 15) is 9.59 Å². The highest BCUT2D eigenvalue weighted by molar-refractivity contribution is 6.06. The van der Waals surface area contributed by atoms with Gasteiger partial charge in [0.1, 0.15) is 17.2 Å². The maximum atomic E-state index is 13.3. The maximum Gasteiger partial charge on any atom is 0.256 e. The lowest BCUT2D eigenvalue weighted by Gasteiger charge is -2.10. The molecule has 0 saturated carbocycles. The Morgan fingerprint density at radius 1 is 0.943 bits per heavy atom. The molecule has 3 heterocycles. The Bertz CT molecular complexity index is 1490. The Labute approximate surface area is 202 Å². The number of imidazole rings is 2. The van der Waals surface area contributed by atoms with Gasteiger partial charge in [0.15, 0.2) is 0 Å². The number of hydrogen-bond acceptors (Lipinski definition) is 4. The van der Waals surface area contributed by atoms with Gasteiger partial charge in [0, 0.05) is 48.4 Å². The number of carbonyl (C=O) groups is 2. The average Bonchev–Trinajstić information content (AvgIpc) is 3.53. The van der Waals surface area contributed by atoms with E-state index in [0.29, 0.717) is 35.7 Å². The van der Waals surface area contributed by atoms with Crippen LogP contribution in [0.1, 0.15) is 22.3 Å². The molecule has 35 heavy (non-hydrogen) atoms. The summed E-state index contributed by atoms with van der Waals surface area (Å²) in [6.07, 6.45) is 7.34. The third kappa shape index (κ3) is 4.81. The van der Waals surface area contributed by atoms with Crippen LogP contribution in [0.5, 0.6) is 0 Å². The number of pyridine rings is 1. The number of amides is 2. The van der Waals surface area contributed by atoms with Gasteiger partial charge in [-0.25, -0.2) is 9.97 Å². The largest absolute Gasteiger partial charge is 0.337 e. The Morgan fingerprint density at radius 3 is 2.60 bits per heavy atom. The van der Waals surface area contributed by atoms with Crippen LogP contribution < -0.4 is 10.6 Å². The minimum absolute atomic E-state index is 0.139. The summed E-state index contributed by atoms with van der Waals surface area (Å²) >= 11 is 0. The second-order valence-electron chi connectivity index (χ2n) is 8.19.